The Kier molecular flexibility index (Phi) is 7.21. The van der Waals surface area contributed by atoms with E-state index in [9.17, 15) is 28.2 Å². The van der Waals surface area contributed by atoms with Crippen molar-refractivity contribution >= 4 is 11.6 Å². The van der Waals surface area contributed by atoms with E-state index in [0.29, 0.717) is 12.8 Å². The number of unbranched alkanes of at least 4 members (excludes halogenated alkanes) is 1. The summed E-state index contributed by atoms with van der Waals surface area (Å²) in [7, 11) is 0. The number of nitrogens with zero attached hydrogens (tertiary/aromatic N) is 1. The molecule has 8 heteroatoms. The van der Waals surface area contributed by atoms with Crippen LogP contribution in [-0.2, 0) is 11.0 Å². The molecule has 1 atom stereocenters. The van der Waals surface area contributed by atoms with Crippen LogP contribution < -0.4 is 5.32 Å². The molecule has 0 aliphatic heterocycles. The number of rotatable bonds is 7. The summed E-state index contributed by atoms with van der Waals surface area (Å²) in [6.45, 7) is 3.42. The number of aliphatic hydroxyl groups excluding tert-OH is 1. The molecule has 0 aliphatic carbocycles. The predicted molar refractivity (Wildman–Crippen MR) is 90.1 cm³/mol. The van der Waals surface area contributed by atoms with Crippen molar-refractivity contribution in [1.82, 2.24) is 0 Å². The fourth-order valence-electron chi connectivity index (χ4n) is 2.28. The van der Waals surface area contributed by atoms with Crippen LogP contribution in [0.2, 0.25) is 0 Å². The minimum absolute atomic E-state index is 0.0429. The number of carbonyl (C=O) groups is 1. The second-order valence-corrected chi connectivity index (χ2v) is 6.24. The normalized spacial score (nSPS) is 14.8. The van der Waals surface area contributed by atoms with Crippen LogP contribution in [0.4, 0.5) is 18.9 Å². The van der Waals surface area contributed by atoms with Gasteiger partial charge in [0.2, 0.25) is 0 Å². The molecule has 0 fully saturated rings. The maximum Gasteiger partial charge on any atom is 0.416 e. The third-order valence-corrected chi connectivity index (χ3v) is 3.71. The van der Waals surface area contributed by atoms with Crippen molar-refractivity contribution < 1.29 is 28.2 Å². The van der Waals surface area contributed by atoms with Gasteiger partial charge in [-0.25, -0.2) is 0 Å². The molecule has 142 valence electrons. The Balaban J connectivity index is 2.90. The molecule has 1 amide bonds. The van der Waals surface area contributed by atoms with Gasteiger partial charge in [0.15, 0.2) is 5.57 Å². The molecular formula is C18H21F3N2O3. The molecule has 1 unspecified atom stereocenters. The minimum atomic E-state index is -4.50. The molecule has 5 nitrogen and oxygen atoms in total. The average molecular weight is 370 g/mol. The lowest BCUT2D eigenvalue weighted by atomic mass is 9.93. The van der Waals surface area contributed by atoms with Crippen molar-refractivity contribution in [1.29, 1.82) is 5.26 Å². The molecule has 0 saturated carbocycles. The van der Waals surface area contributed by atoms with Crippen LogP contribution in [0.15, 0.2) is 35.6 Å². The van der Waals surface area contributed by atoms with Crippen LogP contribution in [-0.4, -0.2) is 21.7 Å². The van der Waals surface area contributed by atoms with Crippen LogP contribution in [0.1, 0.15) is 45.1 Å². The number of amides is 1. The Morgan fingerprint density at radius 1 is 1.27 bits per heavy atom. The summed E-state index contributed by atoms with van der Waals surface area (Å²) in [6.07, 6.45) is -2.86. The smallest absolute Gasteiger partial charge is 0.416 e. The summed E-state index contributed by atoms with van der Waals surface area (Å²) in [4.78, 5) is 12.1. The summed E-state index contributed by atoms with van der Waals surface area (Å²) in [5, 5.41) is 31.6. The Hall–Kier alpha value is -2.53. The lowest BCUT2D eigenvalue weighted by Crippen LogP contribution is -2.26. The molecule has 1 rings (SSSR count). The van der Waals surface area contributed by atoms with Gasteiger partial charge in [0, 0.05) is 12.1 Å². The van der Waals surface area contributed by atoms with Crippen LogP contribution in [0, 0.1) is 11.3 Å². The van der Waals surface area contributed by atoms with Crippen molar-refractivity contribution in [3.05, 3.63) is 41.2 Å². The maximum absolute atomic E-state index is 12.5. The molecule has 0 bridgehead atoms. The van der Waals surface area contributed by atoms with Gasteiger partial charge in [-0.1, -0.05) is 19.8 Å². The zero-order valence-corrected chi connectivity index (χ0v) is 14.5. The first-order valence-electron chi connectivity index (χ1n) is 8.03. The van der Waals surface area contributed by atoms with Gasteiger partial charge in [0.1, 0.15) is 11.8 Å². The Morgan fingerprint density at radius 2 is 1.85 bits per heavy atom. The van der Waals surface area contributed by atoms with Crippen LogP contribution in [0.5, 0.6) is 0 Å². The molecule has 3 N–H and O–H groups in total. The zero-order valence-electron chi connectivity index (χ0n) is 14.5. The number of carbonyl (C=O) groups excluding carboxylic acids is 1. The minimum Gasteiger partial charge on any atom is -0.511 e. The predicted octanol–water partition coefficient (Wildman–Crippen LogP) is 4.31. The van der Waals surface area contributed by atoms with Crippen LogP contribution >= 0.6 is 0 Å². The number of halogens is 3. The topological polar surface area (TPSA) is 93.3 Å². The lowest BCUT2D eigenvalue weighted by Gasteiger charge is -2.22. The van der Waals surface area contributed by atoms with Gasteiger partial charge in [0.05, 0.1) is 11.2 Å². The number of benzene rings is 1. The Morgan fingerprint density at radius 3 is 2.31 bits per heavy atom. The number of anilines is 1. The third-order valence-electron chi connectivity index (χ3n) is 3.71. The summed E-state index contributed by atoms with van der Waals surface area (Å²) in [5.74, 6) is -1.53. The van der Waals surface area contributed by atoms with Crippen LogP contribution in [0.3, 0.4) is 0 Å². The quantitative estimate of drug-likeness (QED) is 0.379. The molecule has 1 aromatic carbocycles. The fraction of sp³-hybridized carbons (Fsp3) is 0.444. The van der Waals surface area contributed by atoms with E-state index >= 15 is 0 Å². The Labute approximate surface area is 149 Å². The summed E-state index contributed by atoms with van der Waals surface area (Å²) >= 11 is 0. The second kappa shape index (κ2) is 8.72. The molecule has 0 spiro atoms. The van der Waals surface area contributed by atoms with E-state index in [2.05, 4.69) is 5.32 Å². The number of nitriles is 1. The van der Waals surface area contributed by atoms with Gasteiger partial charge in [0.25, 0.3) is 5.91 Å². The summed E-state index contributed by atoms with van der Waals surface area (Å²) < 4.78 is 37.6. The highest BCUT2D eigenvalue weighted by Gasteiger charge is 2.30. The third kappa shape index (κ3) is 6.41. The highest BCUT2D eigenvalue weighted by atomic mass is 19.4. The molecule has 0 aliphatic rings. The molecule has 0 heterocycles. The van der Waals surface area contributed by atoms with Crippen molar-refractivity contribution in [2.24, 2.45) is 0 Å². The van der Waals surface area contributed by atoms with E-state index < -0.39 is 34.6 Å². The first-order chi connectivity index (χ1) is 12.0. The number of hydrogen-bond donors (Lipinski definition) is 3. The van der Waals surface area contributed by atoms with E-state index in [4.69, 9.17) is 5.26 Å². The van der Waals surface area contributed by atoms with Gasteiger partial charge in [-0.3, -0.25) is 4.79 Å². The monoisotopic (exact) mass is 370 g/mol. The van der Waals surface area contributed by atoms with Gasteiger partial charge in [-0.2, -0.15) is 18.4 Å². The first kappa shape index (κ1) is 21.5. The molecular weight excluding hydrogens is 349 g/mol. The van der Waals surface area contributed by atoms with Crippen molar-refractivity contribution in [3.8, 4) is 6.07 Å². The van der Waals surface area contributed by atoms with Crippen molar-refractivity contribution in [2.75, 3.05) is 5.32 Å². The van der Waals surface area contributed by atoms with E-state index in [0.717, 1.165) is 30.7 Å². The summed E-state index contributed by atoms with van der Waals surface area (Å²) in [6, 6.07) is 5.24. The van der Waals surface area contributed by atoms with Crippen molar-refractivity contribution in [3.63, 3.8) is 0 Å². The lowest BCUT2D eigenvalue weighted by molar-refractivity contribution is -0.137. The number of alkyl halides is 3. The second-order valence-electron chi connectivity index (χ2n) is 6.24. The van der Waals surface area contributed by atoms with E-state index in [-0.39, 0.29) is 12.1 Å². The number of aliphatic hydroxyl groups is 2. The maximum atomic E-state index is 12.5. The first-order valence-corrected chi connectivity index (χ1v) is 8.03. The fourth-order valence-corrected chi connectivity index (χ4v) is 2.28. The van der Waals surface area contributed by atoms with Gasteiger partial charge in [-0.05, 0) is 37.6 Å². The molecule has 1 aromatic rings. The average Bonchev–Trinajstić information content (AvgIpc) is 2.52. The van der Waals surface area contributed by atoms with Gasteiger partial charge >= 0.3 is 6.18 Å². The molecule has 26 heavy (non-hydrogen) atoms. The number of nitrogens with one attached hydrogen (secondary N) is 1. The molecule has 0 radical (unpaired) electrons. The van der Waals surface area contributed by atoms with E-state index in [1.54, 1.807) is 6.07 Å². The largest absolute Gasteiger partial charge is 0.511 e. The van der Waals surface area contributed by atoms with Gasteiger partial charge < -0.3 is 15.5 Å². The molecule has 0 aromatic heterocycles. The number of hydrogen-bond acceptors (Lipinski definition) is 4. The van der Waals surface area contributed by atoms with Crippen LogP contribution in [0.25, 0.3) is 0 Å². The standard InChI is InChI=1S/C18H21F3N2O3/c1-3-4-9-17(2,26)10-15(24)14(11-22)16(25)23-13-7-5-12(6-8-13)18(19,20)21/h5-8,24,26H,3-4,9-10H2,1-2H3,(H,23,25)/b15-14-. The van der Waals surface area contributed by atoms with E-state index in [1.165, 1.54) is 6.92 Å². The highest BCUT2D eigenvalue weighted by Crippen LogP contribution is 2.30. The Bertz CT molecular complexity index is 702. The van der Waals surface area contributed by atoms with E-state index in [1.807, 2.05) is 6.92 Å². The molecule has 0 saturated heterocycles. The summed E-state index contributed by atoms with van der Waals surface area (Å²) in [5.41, 5.74) is -2.71. The van der Waals surface area contributed by atoms with Gasteiger partial charge in [-0.15, -0.1) is 0 Å². The SMILES string of the molecule is CCCCC(C)(O)C/C(O)=C(\C#N)C(=O)Nc1ccc(C(F)(F)F)cc1. The highest BCUT2D eigenvalue weighted by molar-refractivity contribution is 6.06. The zero-order chi connectivity index (χ0) is 20.0. The van der Waals surface area contributed by atoms with Crippen molar-refractivity contribution in [2.45, 2.75) is 51.3 Å².